The van der Waals surface area contributed by atoms with Gasteiger partial charge < -0.3 is 9.84 Å². The number of aryl methyl sites for hydroxylation is 1. The largest absolute Gasteiger partial charge is 0.361 e. The molecule has 0 bridgehead atoms. The highest BCUT2D eigenvalue weighted by molar-refractivity contribution is 9.10. The van der Waals surface area contributed by atoms with Gasteiger partial charge in [0.05, 0.1) is 6.20 Å². The van der Waals surface area contributed by atoms with Crippen LogP contribution in [0, 0.1) is 6.92 Å². The molecule has 0 radical (unpaired) electrons. The normalized spacial score (nSPS) is 10.1. The first-order chi connectivity index (χ1) is 7.66. The Bertz CT molecular complexity index is 507. The Kier molecular flexibility index (Phi) is 3.00. The summed E-state index contributed by atoms with van der Waals surface area (Å²) in [6.07, 6.45) is 2.99. The van der Waals surface area contributed by atoms with Crippen molar-refractivity contribution in [2.75, 3.05) is 5.32 Å². The van der Waals surface area contributed by atoms with E-state index in [2.05, 4.69) is 31.4 Å². The van der Waals surface area contributed by atoms with Crippen LogP contribution in [0.25, 0.3) is 0 Å². The summed E-state index contributed by atoms with van der Waals surface area (Å²) >= 11 is 3.26. The number of anilines is 1. The summed E-state index contributed by atoms with van der Waals surface area (Å²) in [4.78, 5) is 15.7. The molecule has 0 atom stereocenters. The zero-order valence-corrected chi connectivity index (χ0v) is 9.98. The second-order valence-corrected chi connectivity index (χ2v) is 4.03. The first-order valence-corrected chi connectivity index (χ1v) is 5.30. The second-order valence-electron chi connectivity index (χ2n) is 3.11. The van der Waals surface area contributed by atoms with E-state index in [4.69, 9.17) is 4.52 Å². The summed E-state index contributed by atoms with van der Waals surface area (Å²) in [6, 6.07) is 3.49. The third-order valence-corrected chi connectivity index (χ3v) is 2.43. The molecule has 0 fully saturated rings. The molecule has 0 unspecified atom stereocenters. The van der Waals surface area contributed by atoms with E-state index in [0.717, 1.165) is 4.47 Å². The Morgan fingerprint density at radius 1 is 1.44 bits per heavy atom. The number of aromatic nitrogens is 2. The summed E-state index contributed by atoms with van der Waals surface area (Å²) in [5.74, 6) is 0.678. The fraction of sp³-hybridized carbons (Fsp3) is 0.100. The maximum atomic E-state index is 11.7. The Morgan fingerprint density at radius 2 is 2.25 bits per heavy atom. The van der Waals surface area contributed by atoms with E-state index < -0.39 is 0 Å². The second kappa shape index (κ2) is 4.44. The molecule has 0 aromatic carbocycles. The van der Waals surface area contributed by atoms with E-state index in [1.807, 2.05) is 0 Å². The Hall–Kier alpha value is -1.69. The van der Waals surface area contributed by atoms with Gasteiger partial charge in [-0.25, -0.2) is 4.98 Å². The predicted octanol–water partition coefficient (Wildman–Crippen LogP) is 2.39. The van der Waals surface area contributed by atoms with Gasteiger partial charge in [0.15, 0.2) is 0 Å². The van der Waals surface area contributed by atoms with Gasteiger partial charge in [-0.3, -0.25) is 4.79 Å². The molecular formula is C10H8BrN3O2. The van der Waals surface area contributed by atoms with Crippen LogP contribution in [0.3, 0.4) is 0 Å². The molecule has 0 saturated carbocycles. The summed E-state index contributed by atoms with van der Waals surface area (Å²) in [7, 11) is 0. The van der Waals surface area contributed by atoms with Gasteiger partial charge in [-0.2, -0.15) is 0 Å². The van der Waals surface area contributed by atoms with Crippen LogP contribution >= 0.6 is 15.9 Å². The van der Waals surface area contributed by atoms with E-state index in [9.17, 15) is 4.79 Å². The molecular weight excluding hydrogens is 274 g/mol. The molecule has 2 rings (SSSR count). The van der Waals surface area contributed by atoms with Crippen LogP contribution in [-0.4, -0.2) is 16.0 Å². The van der Waals surface area contributed by atoms with Gasteiger partial charge in [-0.15, -0.1) is 0 Å². The molecule has 0 aliphatic carbocycles. The maximum Gasteiger partial charge on any atom is 0.262 e. The van der Waals surface area contributed by atoms with Crippen molar-refractivity contribution in [1.29, 1.82) is 0 Å². The predicted molar refractivity (Wildman–Crippen MR) is 61.1 cm³/mol. The highest BCUT2D eigenvalue weighted by Crippen LogP contribution is 2.12. The van der Waals surface area contributed by atoms with Crippen LogP contribution in [-0.2, 0) is 0 Å². The fourth-order valence-corrected chi connectivity index (χ4v) is 1.38. The smallest absolute Gasteiger partial charge is 0.262 e. The van der Waals surface area contributed by atoms with Crippen molar-refractivity contribution >= 4 is 27.7 Å². The number of amides is 1. The van der Waals surface area contributed by atoms with Crippen LogP contribution in [0.15, 0.2) is 33.5 Å². The molecule has 5 nitrogen and oxygen atoms in total. The summed E-state index contributed by atoms with van der Waals surface area (Å²) in [6.45, 7) is 1.68. The molecule has 1 N–H and O–H groups in total. The topological polar surface area (TPSA) is 68.0 Å². The highest BCUT2D eigenvalue weighted by atomic mass is 79.9. The van der Waals surface area contributed by atoms with Crippen molar-refractivity contribution in [2.45, 2.75) is 6.92 Å². The zero-order valence-electron chi connectivity index (χ0n) is 8.40. The van der Waals surface area contributed by atoms with Crippen molar-refractivity contribution in [3.8, 4) is 0 Å². The third kappa shape index (κ3) is 2.27. The first kappa shape index (κ1) is 10.8. The van der Waals surface area contributed by atoms with Crippen molar-refractivity contribution in [2.24, 2.45) is 0 Å². The molecule has 2 aromatic heterocycles. The lowest BCUT2D eigenvalue weighted by molar-refractivity contribution is 0.102. The lowest BCUT2D eigenvalue weighted by Crippen LogP contribution is -2.12. The number of nitrogens with one attached hydrogen (secondary N) is 1. The van der Waals surface area contributed by atoms with Gasteiger partial charge in [0.2, 0.25) is 0 Å². The number of rotatable bonds is 2. The van der Waals surface area contributed by atoms with Gasteiger partial charge in [-0.1, -0.05) is 5.16 Å². The summed E-state index contributed by atoms with van der Waals surface area (Å²) in [5, 5.41) is 6.18. The standard InChI is InChI=1S/C10H8BrN3O2/c1-6-8(5-13-16-6)10(15)14-9-3-2-7(11)4-12-9/h2-5H,1H3,(H,12,14,15). The Labute approximate surface area is 100.0 Å². The minimum absolute atomic E-state index is 0.284. The molecule has 6 heteroatoms. The van der Waals surface area contributed by atoms with Crippen LogP contribution < -0.4 is 5.32 Å². The monoisotopic (exact) mass is 281 g/mol. The fourth-order valence-electron chi connectivity index (χ4n) is 1.15. The van der Waals surface area contributed by atoms with Crippen molar-refractivity contribution in [3.05, 3.63) is 40.3 Å². The Morgan fingerprint density at radius 3 is 2.81 bits per heavy atom. The molecule has 2 heterocycles. The van der Waals surface area contributed by atoms with E-state index in [1.165, 1.54) is 6.20 Å². The van der Waals surface area contributed by atoms with Crippen molar-refractivity contribution in [1.82, 2.24) is 10.1 Å². The number of hydrogen-bond donors (Lipinski definition) is 1. The van der Waals surface area contributed by atoms with E-state index >= 15 is 0 Å². The minimum Gasteiger partial charge on any atom is -0.361 e. The number of carbonyl (C=O) groups excluding carboxylic acids is 1. The number of carbonyl (C=O) groups is 1. The van der Waals surface area contributed by atoms with Gasteiger partial charge in [-0.05, 0) is 35.0 Å². The molecule has 0 spiro atoms. The maximum absolute atomic E-state index is 11.7. The van der Waals surface area contributed by atoms with E-state index in [-0.39, 0.29) is 5.91 Å². The van der Waals surface area contributed by atoms with Gasteiger partial charge in [0.25, 0.3) is 5.91 Å². The van der Waals surface area contributed by atoms with Crippen molar-refractivity contribution in [3.63, 3.8) is 0 Å². The molecule has 2 aromatic rings. The number of pyridine rings is 1. The van der Waals surface area contributed by atoms with Gasteiger partial charge in [0.1, 0.15) is 17.1 Å². The van der Waals surface area contributed by atoms with E-state index in [0.29, 0.717) is 17.1 Å². The molecule has 0 saturated heterocycles. The number of nitrogens with zero attached hydrogens (tertiary/aromatic N) is 2. The average Bonchev–Trinajstić information content (AvgIpc) is 2.68. The minimum atomic E-state index is -0.284. The summed E-state index contributed by atoms with van der Waals surface area (Å²) < 4.78 is 5.66. The average molecular weight is 282 g/mol. The molecule has 0 aliphatic heterocycles. The Balaban J connectivity index is 2.14. The lowest BCUT2D eigenvalue weighted by Gasteiger charge is -2.02. The zero-order chi connectivity index (χ0) is 11.5. The van der Waals surface area contributed by atoms with Crippen LogP contribution in [0.2, 0.25) is 0 Å². The number of hydrogen-bond acceptors (Lipinski definition) is 4. The van der Waals surface area contributed by atoms with Crippen molar-refractivity contribution < 1.29 is 9.32 Å². The molecule has 0 aliphatic rings. The first-order valence-electron chi connectivity index (χ1n) is 4.51. The van der Waals surface area contributed by atoms with E-state index in [1.54, 1.807) is 25.3 Å². The van der Waals surface area contributed by atoms with Gasteiger partial charge >= 0.3 is 0 Å². The summed E-state index contributed by atoms with van der Waals surface area (Å²) in [5.41, 5.74) is 0.407. The SMILES string of the molecule is Cc1oncc1C(=O)Nc1ccc(Br)cn1. The molecule has 82 valence electrons. The van der Waals surface area contributed by atoms with Crippen LogP contribution in [0.1, 0.15) is 16.1 Å². The van der Waals surface area contributed by atoms with Crippen LogP contribution in [0.4, 0.5) is 5.82 Å². The lowest BCUT2D eigenvalue weighted by atomic mass is 10.2. The van der Waals surface area contributed by atoms with Crippen LogP contribution in [0.5, 0.6) is 0 Å². The highest BCUT2D eigenvalue weighted by Gasteiger charge is 2.13. The third-order valence-electron chi connectivity index (χ3n) is 1.96. The van der Waals surface area contributed by atoms with Gasteiger partial charge in [0, 0.05) is 10.7 Å². The quantitative estimate of drug-likeness (QED) is 0.918. The molecule has 16 heavy (non-hydrogen) atoms. The number of halogens is 1. The molecule has 1 amide bonds.